The average Bonchev–Trinajstić information content (AvgIpc) is 3.09. The minimum Gasteiger partial charge on any atom is -0.493 e. The third-order valence-electron chi connectivity index (χ3n) is 4.88. The summed E-state index contributed by atoms with van der Waals surface area (Å²) in [4.78, 5) is 16.2. The Balaban J connectivity index is 0.00000111. The first-order valence-corrected chi connectivity index (χ1v) is 12.9. The van der Waals surface area contributed by atoms with Crippen molar-refractivity contribution in [2.75, 3.05) is 53.3 Å². The van der Waals surface area contributed by atoms with Crippen LogP contribution >= 0.6 is 23.5 Å². The quantitative estimate of drug-likeness (QED) is 0.160. The highest BCUT2D eigenvalue weighted by atomic mass is 32.2. The maximum atomic E-state index is 13.1. The van der Waals surface area contributed by atoms with Crippen LogP contribution in [-0.2, 0) is 4.79 Å². The molecule has 1 heterocycles. The van der Waals surface area contributed by atoms with Gasteiger partial charge in [0.05, 0.1) is 21.3 Å². The summed E-state index contributed by atoms with van der Waals surface area (Å²) in [6, 6.07) is 3.72. The molecular weight excluding hydrogens is 507 g/mol. The zero-order valence-corrected chi connectivity index (χ0v) is 22.5. The van der Waals surface area contributed by atoms with E-state index in [1.807, 2.05) is 22.8 Å². The van der Waals surface area contributed by atoms with E-state index in [0.29, 0.717) is 22.2 Å². The van der Waals surface area contributed by atoms with E-state index < -0.39 is 7.25 Å². The highest BCUT2D eigenvalue weighted by Crippen LogP contribution is 2.40. The highest BCUT2D eigenvalue weighted by Gasteiger charge is 2.37. The zero-order chi connectivity index (χ0) is 26.6. The Kier molecular flexibility index (Phi) is 13.6. The van der Waals surface area contributed by atoms with Crippen LogP contribution in [0.1, 0.15) is 32.8 Å². The summed E-state index contributed by atoms with van der Waals surface area (Å²) in [5, 5.41) is 0. The van der Waals surface area contributed by atoms with Gasteiger partial charge in [-0.1, -0.05) is 20.8 Å². The SMILES string of the molecule is CCSC1=[N+](CCCN(CC)CC)C(=O)/C(=C/c2cc(OC)c(OC)c(OC)c2)S1.F[B-](F)(F)F. The fourth-order valence-electron chi connectivity index (χ4n) is 3.25. The lowest BCUT2D eigenvalue weighted by atomic mass is 10.1. The number of methoxy groups -OCH3 is 3. The Morgan fingerprint density at radius 1 is 1.03 bits per heavy atom. The minimum atomic E-state index is -6.00. The van der Waals surface area contributed by atoms with Gasteiger partial charge >= 0.3 is 13.2 Å². The fourth-order valence-corrected chi connectivity index (χ4v) is 5.55. The molecule has 0 saturated carbocycles. The lowest BCUT2D eigenvalue weighted by Gasteiger charge is -2.16. The van der Waals surface area contributed by atoms with Crippen molar-refractivity contribution < 1.29 is 40.8 Å². The molecule has 13 heteroatoms. The predicted octanol–water partition coefficient (Wildman–Crippen LogP) is 5.48. The van der Waals surface area contributed by atoms with Gasteiger partial charge in [-0.2, -0.15) is 0 Å². The van der Waals surface area contributed by atoms with Gasteiger partial charge in [0, 0.05) is 18.7 Å². The third kappa shape index (κ3) is 10.3. The molecule has 35 heavy (non-hydrogen) atoms. The standard InChI is InChI=1S/C22H33N2O4S2.BF4/c1-7-23(8-2)11-10-12-24-21(25)19(30-22(24)29-9-3)15-16-13-17(26-4)20(28-6)18(14-16)27-5;2-1(3,4)5/h13-15H,7-12H2,1-6H3;/q+1;-1/b19-15-;. The maximum absolute atomic E-state index is 13.1. The molecule has 1 amide bonds. The molecule has 0 unspecified atom stereocenters. The molecule has 2 rings (SSSR count). The number of amides is 1. The molecule has 0 N–H and O–H groups in total. The van der Waals surface area contributed by atoms with E-state index in [4.69, 9.17) is 14.2 Å². The van der Waals surface area contributed by atoms with Crippen molar-refractivity contribution in [3.8, 4) is 17.2 Å². The van der Waals surface area contributed by atoms with Gasteiger partial charge in [0.25, 0.3) is 4.38 Å². The van der Waals surface area contributed by atoms with Gasteiger partial charge in [-0.05, 0) is 60.4 Å². The molecule has 0 radical (unpaired) electrons. The van der Waals surface area contributed by atoms with Crippen molar-refractivity contribution in [3.63, 3.8) is 0 Å². The summed E-state index contributed by atoms with van der Waals surface area (Å²) in [5.74, 6) is 2.67. The molecule has 0 aliphatic carbocycles. The van der Waals surface area contributed by atoms with Gasteiger partial charge in [-0.3, -0.25) is 0 Å². The van der Waals surface area contributed by atoms with Gasteiger partial charge in [0.15, 0.2) is 18.0 Å². The molecule has 0 saturated heterocycles. The number of nitrogens with zero attached hydrogens (tertiary/aromatic N) is 2. The van der Waals surface area contributed by atoms with Crippen LogP contribution in [-0.4, -0.2) is 80.3 Å². The smallest absolute Gasteiger partial charge is 0.493 e. The van der Waals surface area contributed by atoms with Crippen LogP contribution < -0.4 is 14.2 Å². The first kappa shape index (κ1) is 31.2. The summed E-state index contributed by atoms with van der Waals surface area (Å²) in [6.45, 7) is 10.2. The average molecular weight is 540 g/mol. The van der Waals surface area contributed by atoms with Crippen molar-refractivity contribution >= 4 is 47.1 Å². The number of halogens is 4. The Bertz CT molecular complexity index is 879. The van der Waals surface area contributed by atoms with E-state index in [2.05, 4.69) is 25.7 Å². The second-order valence-electron chi connectivity index (χ2n) is 7.10. The molecule has 1 aliphatic heterocycles. The number of hydrogen-bond acceptors (Lipinski definition) is 7. The van der Waals surface area contributed by atoms with Crippen molar-refractivity contribution in [1.29, 1.82) is 0 Å². The van der Waals surface area contributed by atoms with E-state index in [1.54, 1.807) is 44.9 Å². The molecule has 0 atom stereocenters. The molecule has 6 nitrogen and oxygen atoms in total. The van der Waals surface area contributed by atoms with Crippen LogP contribution in [0.5, 0.6) is 17.2 Å². The molecule has 0 fully saturated rings. The highest BCUT2D eigenvalue weighted by molar-refractivity contribution is 8.40. The second-order valence-corrected chi connectivity index (χ2v) is 9.64. The van der Waals surface area contributed by atoms with Gasteiger partial charge in [-0.25, -0.2) is 4.79 Å². The second kappa shape index (κ2) is 15.3. The van der Waals surface area contributed by atoms with Crippen molar-refractivity contribution in [2.24, 2.45) is 0 Å². The number of thioether (sulfide) groups is 2. The van der Waals surface area contributed by atoms with Gasteiger partial charge in [0.1, 0.15) is 4.91 Å². The first-order chi connectivity index (χ1) is 16.5. The normalized spacial score (nSPS) is 14.9. The summed E-state index contributed by atoms with van der Waals surface area (Å²) >= 11 is 3.26. The van der Waals surface area contributed by atoms with Crippen LogP contribution in [0.4, 0.5) is 17.3 Å². The summed E-state index contributed by atoms with van der Waals surface area (Å²) in [5.41, 5.74) is 0.839. The lowest BCUT2D eigenvalue weighted by molar-refractivity contribution is -0.438. The number of ether oxygens (including phenoxy) is 3. The maximum Gasteiger partial charge on any atom is 0.673 e. The molecule has 0 aromatic heterocycles. The number of hydrogen-bond donors (Lipinski definition) is 0. The van der Waals surface area contributed by atoms with Crippen LogP contribution in [0.25, 0.3) is 6.08 Å². The van der Waals surface area contributed by atoms with Crippen LogP contribution in [0.3, 0.4) is 0 Å². The monoisotopic (exact) mass is 540 g/mol. The molecule has 1 aliphatic rings. The Hall–Kier alpha value is -1.86. The van der Waals surface area contributed by atoms with Crippen molar-refractivity contribution in [1.82, 2.24) is 4.90 Å². The minimum absolute atomic E-state index is 0.0595. The van der Waals surface area contributed by atoms with E-state index >= 15 is 0 Å². The summed E-state index contributed by atoms with van der Waals surface area (Å²) in [6.07, 6.45) is 2.86. The van der Waals surface area contributed by atoms with E-state index in [-0.39, 0.29) is 5.91 Å². The van der Waals surface area contributed by atoms with Crippen LogP contribution in [0.15, 0.2) is 17.0 Å². The molecule has 0 spiro atoms. The topological polar surface area (TPSA) is 51.0 Å². The van der Waals surface area contributed by atoms with Gasteiger partial charge in [-0.15, -0.1) is 4.58 Å². The van der Waals surface area contributed by atoms with E-state index in [0.717, 1.165) is 48.3 Å². The molecule has 0 bridgehead atoms. The Morgan fingerprint density at radius 3 is 2.00 bits per heavy atom. The largest absolute Gasteiger partial charge is 0.673 e. The van der Waals surface area contributed by atoms with E-state index in [9.17, 15) is 22.1 Å². The number of carbonyl (C=O) groups is 1. The third-order valence-corrected chi connectivity index (χ3v) is 7.14. The molecule has 198 valence electrons. The number of benzene rings is 1. The Morgan fingerprint density at radius 2 is 1.57 bits per heavy atom. The lowest BCUT2D eigenvalue weighted by Crippen LogP contribution is -2.28. The molecular formula is C22H33BF4N2O4S2. The Labute approximate surface area is 213 Å². The van der Waals surface area contributed by atoms with Gasteiger partial charge < -0.3 is 36.4 Å². The van der Waals surface area contributed by atoms with Crippen LogP contribution in [0.2, 0.25) is 0 Å². The van der Waals surface area contributed by atoms with Crippen LogP contribution in [0, 0.1) is 0 Å². The summed E-state index contributed by atoms with van der Waals surface area (Å²) < 4.78 is 58.2. The zero-order valence-electron chi connectivity index (χ0n) is 20.9. The number of rotatable bonds is 11. The molecule has 1 aromatic rings. The first-order valence-electron chi connectivity index (χ1n) is 11.1. The predicted molar refractivity (Wildman–Crippen MR) is 138 cm³/mol. The summed E-state index contributed by atoms with van der Waals surface area (Å²) in [7, 11) is -1.25. The van der Waals surface area contributed by atoms with E-state index in [1.165, 1.54) is 0 Å². The fraction of sp³-hybridized carbons (Fsp3) is 0.545. The van der Waals surface area contributed by atoms with Crippen molar-refractivity contribution in [2.45, 2.75) is 27.2 Å². The molecule has 1 aromatic carbocycles. The number of carbonyl (C=O) groups excluding carboxylic acids is 1. The van der Waals surface area contributed by atoms with Crippen molar-refractivity contribution in [3.05, 3.63) is 22.6 Å². The van der Waals surface area contributed by atoms with Gasteiger partial charge in [0.2, 0.25) is 5.75 Å².